The van der Waals surface area contributed by atoms with E-state index in [1.165, 1.54) is 7.05 Å². The highest BCUT2D eigenvalue weighted by molar-refractivity contribution is 6.87. The molecule has 0 aromatic carbocycles. The molecule has 0 amide bonds. The van der Waals surface area contributed by atoms with Gasteiger partial charge < -0.3 is 95.4 Å². The number of aliphatic carboxylic acids is 1. The molecule has 23 heteroatoms. The van der Waals surface area contributed by atoms with Gasteiger partial charge in [0.2, 0.25) is 0 Å². The van der Waals surface area contributed by atoms with Crippen molar-refractivity contribution in [3.05, 3.63) is 0 Å². The largest absolute Gasteiger partial charge is 0.550 e. The van der Waals surface area contributed by atoms with Crippen molar-refractivity contribution < 1.29 is 89.7 Å². The summed E-state index contributed by atoms with van der Waals surface area (Å²) in [6, 6.07) is 2.02. The number of aliphatic hydroxyl groups is 2. The topological polar surface area (TPSA) is 236 Å². The van der Waals surface area contributed by atoms with Crippen LogP contribution in [-0.2, 0) is 69.9 Å². The highest BCUT2D eigenvalue weighted by Crippen LogP contribution is 2.26. The number of hydrogen-bond donors (Lipinski definition) is 3. The van der Waals surface area contributed by atoms with E-state index in [2.05, 4.69) is 66.2 Å². The number of carboxylic acid groups (broad SMARTS) is 1. The molecule has 0 aliphatic rings. The smallest absolute Gasteiger partial charge is 0.311 e. The summed E-state index contributed by atoms with van der Waals surface area (Å²) in [4.78, 5) is 8.89. The van der Waals surface area contributed by atoms with E-state index in [0.717, 1.165) is 31.9 Å². The van der Waals surface area contributed by atoms with E-state index in [1.807, 2.05) is 55.4 Å². The average molecular weight is 1140 g/mol. The quantitative estimate of drug-likeness (QED) is 0.0413. The monoisotopic (exact) mass is 1140 g/mol. The van der Waals surface area contributed by atoms with Crippen LogP contribution in [0.25, 0.3) is 0 Å². The molecule has 0 saturated heterocycles. The van der Waals surface area contributed by atoms with Gasteiger partial charge in [0.25, 0.3) is 0 Å². The maximum absolute atomic E-state index is 10.2. The van der Waals surface area contributed by atoms with Crippen molar-refractivity contribution in [1.29, 1.82) is 0 Å². The van der Waals surface area contributed by atoms with Crippen molar-refractivity contribution in [2.24, 2.45) is 5.73 Å². The first-order valence-electron chi connectivity index (χ1n) is 27.4. The third kappa shape index (κ3) is 57.9. The summed E-state index contributed by atoms with van der Waals surface area (Å²) in [5, 5.41) is 28.4. The van der Waals surface area contributed by atoms with Gasteiger partial charge in [-0.2, -0.15) is 0 Å². The van der Waals surface area contributed by atoms with Crippen LogP contribution in [0.15, 0.2) is 0 Å². The van der Waals surface area contributed by atoms with Crippen molar-refractivity contribution in [1.82, 2.24) is 0 Å². The number of carbonyl (C=O) groups is 1. The molecule has 0 rings (SSSR count). The molecule has 75 heavy (non-hydrogen) atoms. The molecule has 0 aromatic heterocycles. The zero-order valence-electron chi connectivity index (χ0n) is 51.1. The maximum Gasteiger partial charge on any atom is 0.311 e. The summed E-state index contributed by atoms with van der Waals surface area (Å²) in [7, 11) is 1.57. The molecule has 0 aliphatic heterocycles. The molecule has 4 N–H and O–H groups in total. The molecule has 0 aliphatic carbocycles. The van der Waals surface area contributed by atoms with Crippen molar-refractivity contribution in [2.45, 2.75) is 194 Å². The molecule has 0 fully saturated rings. The fourth-order valence-corrected chi connectivity index (χ4v) is 21.0. The van der Waals surface area contributed by atoms with Crippen LogP contribution in [0.1, 0.15) is 82.1 Å². The fraction of sp³-hybridized carbons (Fsp3) is 0.981. The molecule has 0 bridgehead atoms. The molecule has 0 aromatic rings. The summed E-state index contributed by atoms with van der Waals surface area (Å²) >= 11 is 0. The second-order valence-electron chi connectivity index (χ2n) is 22.3. The first kappa shape index (κ1) is 78.6. The lowest BCUT2D eigenvalue weighted by Crippen LogP contribution is -2.52. The van der Waals surface area contributed by atoms with Crippen LogP contribution >= 0.6 is 0 Å². The lowest BCUT2D eigenvalue weighted by atomic mass is 10.3. The second kappa shape index (κ2) is 46.1. The van der Waals surface area contributed by atoms with E-state index in [0.29, 0.717) is 117 Å². The van der Waals surface area contributed by atoms with Gasteiger partial charge >= 0.3 is 8.56 Å². The molecule has 454 valence electrons. The van der Waals surface area contributed by atoms with Gasteiger partial charge in [-0.25, -0.2) is 0 Å². The normalized spacial score (nSPS) is 16.6. The van der Waals surface area contributed by atoms with E-state index >= 15 is 0 Å². The third-order valence-corrected chi connectivity index (χ3v) is 21.7. The summed E-state index contributed by atoms with van der Waals surface area (Å²) in [5.41, 5.74) is 4.50. The molecule has 0 radical (unpaired) electrons. The average Bonchev–Trinajstić information content (AvgIpc) is 3.29. The number of carbonyl (C=O) groups excluding carboxylic acids is 1. The van der Waals surface area contributed by atoms with Crippen LogP contribution < -0.4 is 10.8 Å². The highest BCUT2D eigenvalue weighted by Gasteiger charge is 2.39. The number of likely N-dealkylation sites (N-methyl/N-ethyl adjacent to an activating group) is 1. The Bertz CT molecular complexity index is 1310. The van der Waals surface area contributed by atoms with Gasteiger partial charge in [0, 0.05) is 19.2 Å². The lowest BCUT2D eigenvalue weighted by molar-refractivity contribution is -0.873. The summed E-state index contributed by atoms with van der Waals surface area (Å²) in [5.74, 6) is -1.08. The number of quaternary nitrogens is 1. The van der Waals surface area contributed by atoms with Gasteiger partial charge in [0.15, 0.2) is 16.6 Å². The number of nitrogens with two attached hydrogens (primary N) is 1. The van der Waals surface area contributed by atoms with Crippen LogP contribution in [-0.4, -0.2) is 247 Å². The SMILES string of the molecule is CC(=O)[O-].CC(O)COC(C)COC(C)COC(C)COC(C)COC(C)COC(C)COC(C)COC(C)COCCOCCOCCC[Si](C)(C)O[Si](C)(C)O[Si](C)(C)CCCOCC(O)C[N+](C)(C)C.CN. The van der Waals surface area contributed by atoms with Crippen molar-refractivity contribution in [3.8, 4) is 0 Å². The number of carboxylic acids is 1. The highest BCUT2D eigenvalue weighted by atomic mass is 28.5. The van der Waals surface area contributed by atoms with Gasteiger partial charge in [0.05, 0.1) is 169 Å². The maximum atomic E-state index is 10.2. The zero-order chi connectivity index (χ0) is 58.1. The second-order valence-corrected chi connectivity index (χ2v) is 34.8. The summed E-state index contributed by atoms with van der Waals surface area (Å²) < 4.78 is 84.3. The Hall–Kier alpha value is -0.599. The Balaban J connectivity index is -0.00000820. The van der Waals surface area contributed by atoms with Gasteiger partial charge in [-0.05, 0) is 140 Å². The van der Waals surface area contributed by atoms with Gasteiger partial charge in [-0.1, -0.05) is 0 Å². The first-order valence-corrected chi connectivity index (χ1v) is 36.4. The van der Waals surface area contributed by atoms with E-state index in [-0.39, 0.29) is 48.8 Å². The van der Waals surface area contributed by atoms with Crippen LogP contribution in [0.5, 0.6) is 0 Å². The van der Waals surface area contributed by atoms with Crippen molar-refractivity contribution in [2.75, 3.05) is 140 Å². The molecule has 10 atom stereocenters. The number of rotatable bonds is 48. The minimum Gasteiger partial charge on any atom is -0.550 e. The van der Waals surface area contributed by atoms with Crippen LogP contribution in [0.2, 0.25) is 51.4 Å². The molecule has 0 spiro atoms. The Morgan fingerprint density at radius 1 is 0.453 bits per heavy atom. The Morgan fingerprint density at radius 2 is 0.707 bits per heavy atom. The lowest BCUT2D eigenvalue weighted by Gasteiger charge is -2.38. The van der Waals surface area contributed by atoms with Gasteiger partial charge in [-0.15, -0.1) is 0 Å². The molecular formula is C52H116N2O18Si3. The molecule has 10 unspecified atom stereocenters. The van der Waals surface area contributed by atoms with E-state index in [4.69, 9.17) is 75.0 Å². The standard InChI is InChI=1S/C49H108NO16Si3.C2H4O2.CH5N/c1-40(51)30-57-42(3)32-59-44(5)34-61-46(7)36-63-48(9)38-64-47(8)37-62-45(6)35-60-43(4)33-58-41(2)31-56-26-25-54-24-23-53-21-19-27-67(13,14)65-69(17,18)66-68(15,16)28-20-22-55-39-49(52)29-50(10,11)12;1-2(3)4;1-2/h40-49,51-52H,19-39H2,1-18H3;1H3,(H,3,4);2H2,1H3/q+1;;/p-1. The minimum atomic E-state index is -2.29. The predicted octanol–water partition coefficient (Wildman–Crippen LogP) is 5.00. The summed E-state index contributed by atoms with van der Waals surface area (Å²) in [6.07, 6.45) is 0.234. The van der Waals surface area contributed by atoms with Gasteiger partial charge in [-0.3, -0.25) is 0 Å². The van der Waals surface area contributed by atoms with E-state index < -0.39 is 43.4 Å². The number of nitrogens with zero attached hydrogens (tertiary/aromatic N) is 1. The number of hydrogen-bond acceptors (Lipinski definition) is 19. The van der Waals surface area contributed by atoms with Crippen molar-refractivity contribution >= 4 is 31.2 Å². The number of aliphatic hydroxyl groups excluding tert-OH is 2. The van der Waals surface area contributed by atoms with Crippen LogP contribution in [0.4, 0.5) is 0 Å². The van der Waals surface area contributed by atoms with Crippen LogP contribution in [0, 0.1) is 0 Å². The molecular weight excluding hydrogens is 1020 g/mol. The van der Waals surface area contributed by atoms with E-state index in [1.54, 1.807) is 6.92 Å². The van der Waals surface area contributed by atoms with Crippen molar-refractivity contribution in [3.63, 3.8) is 0 Å². The van der Waals surface area contributed by atoms with Crippen LogP contribution in [0.3, 0.4) is 0 Å². The fourth-order valence-electron chi connectivity index (χ4n) is 7.03. The Morgan fingerprint density at radius 3 is 1.01 bits per heavy atom. The van der Waals surface area contributed by atoms with E-state index in [9.17, 15) is 10.2 Å². The molecule has 20 nitrogen and oxygen atoms in total. The Kier molecular flexibility index (Phi) is 48.3. The number of ether oxygens (including phenoxy) is 12. The predicted molar refractivity (Wildman–Crippen MR) is 301 cm³/mol. The minimum absolute atomic E-state index is 0.0706. The first-order chi connectivity index (χ1) is 34.8. The van der Waals surface area contributed by atoms with Gasteiger partial charge in [0.1, 0.15) is 12.6 Å². The third-order valence-electron chi connectivity index (χ3n) is 10.3. The Labute approximate surface area is 459 Å². The zero-order valence-corrected chi connectivity index (χ0v) is 54.1. The molecule has 0 saturated carbocycles. The summed E-state index contributed by atoms with van der Waals surface area (Å²) in [6.45, 7) is 40.3. The molecule has 0 heterocycles.